The molecule has 0 spiro atoms. The molecule has 0 bridgehead atoms. The second kappa shape index (κ2) is 3.64. The molecule has 1 unspecified atom stereocenters. The van der Waals surface area contributed by atoms with Crippen LogP contribution in [0.15, 0.2) is 23.2 Å². The van der Waals surface area contributed by atoms with Crippen LogP contribution in [0, 0.1) is 4.78 Å². The zero-order valence-electron chi connectivity index (χ0n) is 7.45. The van der Waals surface area contributed by atoms with Crippen molar-refractivity contribution in [2.75, 3.05) is 0 Å². The van der Waals surface area contributed by atoms with Crippen LogP contribution >= 0.6 is 11.6 Å². The SMILES string of the molecule is CC(C)S(=N)(=O)c1ccc(Cl)nc1. The third-order valence-corrected chi connectivity index (χ3v) is 4.21. The van der Waals surface area contributed by atoms with Gasteiger partial charge < -0.3 is 0 Å². The summed E-state index contributed by atoms with van der Waals surface area (Å²) in [6.45, 7) is 3.51. The number of halogens is 1. The lowest BCUT2D eigenvalue weighted by Gasteiger charge is -2.10. The first-order valence-corrected chi connectivity index (χ1v) is 5.83. The van der Waals surface area contributed by atoms with Crippen molar-refractivity contribution in [2.45, 2.75) is 24.0 Å². The van der Waals surface area contributed by atoms with E-state index in [1.165, 1.54) is 6.20 Å². The number of pyridine rings is 1. The first-order valence-electron chi connectivity index (χ1n) is 3.84. The van der Waals surface area contributed by atoms with Crippen molar-refractivity contribution in [2.24, 2.45) is 0 Å². The van der Waals surface area contributed by atoms with Gasteiger partial charge in [0.2, 0.25) is 0 Å². The number of nitrogens with one attached hydrogen (secondary N) is 1. The van der Waals surface area contributed by atoms with Crippen molar-refractivity contribution in [3.63, 3.8) is 0 Å². The summed E-state index contributed by atoms with van der Waals surface area (Å²) in [7, 11) is -2.71. The summed E-state index contributed by atoms with van der Waals surface area (Å²) in [6.07, 6.45) is 1.40. The molecule has 3 nitrogen and oxygen atoms in total. The standard InChI is InChI=1S/C8H11ClN2OS/c1-6(2)13(10,12)7-3-4-8(9)11-5-7/h3-6,10H,1-2H3. The number of nitrogens with zero attached hydrogens (tertiary/aromatic N) is 1. The molecule has 72 valence electrons. The molecular formula is C8H11ClN2OS. The van der Waals surface area contributed by atoms with Crippen LogP contribution in [0.4, 0.5) is 0 Å². The number of hydrogen-bond donors (Lipinski definition) is 1. The molecule has 1 aromatic heterocycles. The third kappa shape index (κ3) is 2.19. The Morgan fingerprint density at radius 2 is 2.15 bits per heavy atom. The average molecular weight is 219 g/mol. The van der Waals surface area contributed by atoms with Gasteiger partial charge in [-0.1, -0.05) is 11.6 Å². The normalized spacial score (nSPS) is 15.7. The molecule has 0 radical (unpaired) electrons. The predicted molar refractivity (Wildman–Crippen MR) is 53.5 cm³/mol. The molecule has 0 aliphatic rings. The van der Waals surface area contributed by atoms with Crippen LogP contribution in [0.5, 0.6) is 0 Å². The van der Waals surface area contributed by atoms with Gasteiger partial charge in [-0.25, -0.2) is 14.0 Å². The lowest BCUT2D eigenvalue weighted by Crippen LogP contribution is -2.12. The molecule has 0 fully saturated rings. The van der Waals surface area contributed by atoms with Gasteiger partial charge in [-0.2, -0.15) is 0 Å². The molecule has 5 heteroatoms. The molecule has 13 heavy (non-hydrogen) atoms. The van der Waals surface area contributed by atoms with E-state index in [0.717, 1.165) is 0 Å². The maximum Gasteiger partial charge on any atom is 0.129 e. The highest BCUT2D eigenvalue weighted by atomic mass is 35.5. The molecule has 1 aromatic rings. The van der Waals surface area contributed by atoms with Crippen LogP contribution in [0.25, 0.3) is 0 Å². The molecule has 1 rings (SSSR count). The van der Waals surface area contributed by atoms with Gasteiger partial charge in [-0.05, 0) is 26.0 Å². The topological polar surface area (TPSA) is 53.8 Å². The van der Waals surface area contributed by atoms with E-state index in [9.17, 15) is 4.21 Å². The monoisotopic (exact) mass is 218 g/mol. The average Bonchev–Trinajstić information content (AvgIpc) is 2.04. The van der Waals surface area contributed by atoms with Gasteiger partial charge >= 0.3 is 0 Å². The minimum atomic E-state index is -2.71. The van der Waals surface area contributed by atoms with E-state index >= 15 is 0 Å². The molecule has 1 atom stereocenters. The summed E-state index contributed by atoms with van der Waals surface area (Å²) in [4.78, 5) is 4.23. The fourth-order valence-corrected chi connectivity index (χ4v) is 1.95. The van der Waals surface area contributed by atoms with E-state index in [-0.39, 0.29) is 5.25 Å². The van der Waals surface area contributed by atoms with Crippen molar-refractivity contribution in [3.8, 4) is 0 Å². The molecule has 0 aliphatic heterocycles. The summed E-state index contributed by atoms with van der Waals surface area (Å²) < 4.78 is 19.4. The van der Waals surface area contributed by atoms with E-state index < -0.39 is 9.73 Å². The van der Waals surface area contributed by atoms with Gasteiger partial charge in [0.1, 0.15) is 5.15 Å². The van der Waals surface area contributed by atoms with E-state index in [1.54, 1.807) is 26.0 Å². The summed E-state index contributed by atoms with van der Waals surface area (Å²) >= 11 is 5.58. The highest BCUT2D eigenvalue weighted by molar-refractivity contribution is 7.93. The first-order chi connectivity index (χ1) is 5.94. The Morgan fingerprint density at radius 1 is 1.54 bits per heavy atom. The van der Waals surface area contributed by atoms with Gasteiger partial charge in [0.15, 0.2) is 0 Å². The Hall–Kier alpha value is -0.610. The zero-order valence-corrected chi connectivity index (χ0v) is 9.02. The number of aromatic nitrogens is 1. The molecule has 0 saturated carbocycles. The van der Waals surface area contributed by atoms with Gasteiger partial charge in [-0.3, -0.25) is 0 Å². The highest BCUT2D eigenvalue weighted by Gasteiger charge is 2.14. The van der Waals surface area contributed by atoms with Gasteiger partial charge in [0.05, 0.1) is 14.6 Å². The molecule has 0 amide bonds. The Balaban J connectivity index is 3.17. The maximum atomic E-state index is 11.8. The molecule has 0 saturated heterocycles. The number of hydrogen-bond acceptors (Lipinski definition) is 3. The van der Waals surface area contributed by atoms with E-state index in [2.05, 4.69) is 4.98 Å². The van der Waals surface area contributed by atoms with Crippen LogP contribution in [0.3, 0.4) is 0 Å². The largest absolute Gasteiger partial charge is 0.249 e. The van der Waals surface area contributed by atoms with Crippen molar-refractivity contribution in [3.05, 3.63) is 23.5 Å². The predicted octanol–water partition coefficient (Wildman–Crippen LogP) is 2.55. The second-order valence-electron chi connectivity index (χ2n) is 2.97. The minimum absolute atomic E-state index is 0.213. The van der Waals surface area contributed by atoms with Crippen molar-refractivity contribution in [1.29, 1.82) is 4.78 Å². The number of rotatable bonds is 2. The van der Waals surface area contributed by atoms with E-state index in [1.807, 2.05) is 0 Å². The summed E-state index contributed by atoms with van der Waals surface area (Å²) in [5, 5.41) is 0.137. The Kier molecular flexibility index (Phi) is 2.93. The quantitative estimate of drug-likeness (QED) is 0.776. The molecule has 0 aliphatic carbocycles. The summed E-state index contributed by atoms with van der Waals surface area (Å²) in [5.74, 6) is 0. The maximum absolute atomic E-state index is 11.8. The van der Waals surface area contributed by atoms with E-state index in [0.29, 0.717) is 10.0 Å². The molecule has 1 heterocycles. The van der Waals surface area contributed by atoms with Crippen LogP contribution in [-0.4, -0.2) is 14.4 Å². The third-order valence-electron chi connectivity index (χ3n) is 1.71. The van der Waals surface area contributed by atoms with Crippen molar-refractivity contribution in [1.82, 2.24) is 4.98 Å². The van der Waals surface area contributed by atoms with Crippen molar-refractivity contribution < 1.29 is 4.21 Å². The summed E-state index contributed by atoms with van der Waals surface area (Å²) in [6, 6.07) is 3.14. The lowest BCUT2D eigenvalue weighted by molar-refractivity contribution is 0.667. The van der Waals surface area contributed by atoms with Crippen molar-refractivity contribution >= 4 is 21.3 Å². The second-order valence-corrected chi connectivity index (χ2v) is 5.97. The Bertz CT molecular complexity index is 383. The molecule has 0 aromatic carbocycles. The Morgan fingerprint density at radius 3 is 2.54 bits per heavy atom. The lowest BCUT2D eigenvalue weighted by atomic mass is 10.5. The minimum Gasteiger partial charge on any atom is -0.249 e. The van der Waals surface area contributed by atoms with Gasteiger partial charge in [0.25, 0.3) is 0 Å². The fourth-order valence-electron chi connectivity index (χ4n) is 0.814. The zero-order chi connectivity index (χ0) is 10.1. The van der Waals surface area contributed by atoms with E-state index in [4.69, 9.17) is 16.4 Å². The summed E-state index contributed by atoms with van der Waals surface area (Å²) in [5.41, 5.74) is 0. The van der Waals surface area contributed by atoms with Crippen LogP contribution < -0.4 is 0 Å². The fraction of sp³-hybridized carbons (Fsp3) is 0.375. The van der Waals surface area contributed by atoms with Crippen LogP contribution in [0.2, 0.25) is 5.15 Å². The van der Waals surface area contributed by atoms with Gasteiger partial charge in [-0.15, -0.1) is 0 Å². The highest BCUT2D eigenvalue weighted by Crippen LogP contribution is 2.16. The van der Waals surface area contributed by atoms with Crippen LogP contribution in [-0.2, 0) is 9.73 Å². The smallest absolute Gasteiger partial charge is 0.129 e. The molecule has 1 N–H and O–H groups in total. The first kappa shape index (κ1) is 10.5. The van der Waals surface area contributed by atoms with Gasteiger partial charge in [0, 0.05) is 11.4 Å². The Labute approximate surface area is 83.1 Å². The van der Waals surface area contributed by atoms with Crippen LogP contribution in [0.1, 0.15) is 13.8 Å². The molecular weight excluding hydrogens is 208 g/mol.